The normalized spacial score (nSPS) is 24.1. The van der Waals surface area contributed by atoms with Gasteiger partial charge in [0.2, 0.25) is 5.91 Å². The maximum atomic E-state index is 12.8. The summed E-state index contributed by atoms with van der Waals surface area (Å²) in [6, 6.07) is 9.20. The fraction of sp³-hybridized carbons (Fsp3) is 0.444. The molecule has 1 saturated heterocycles. The molecule has 0 N–H and O–H groups in total. The Labute approximate surface area is 135 Å². The molecule has 2 aromatic heterocycles. The van der Waals surface area contributed by atoms with Gasteiger partial charge in [-0.25, -0.2) is 0 Å². The van der Waals surface area contributed by atoms with Crippen LogP contribution in [0.1, 0.15) is 31.0 Å². The van der Waals surface area contributed by atoms with Crippen LogP contribution in [0.2, 0.25) is 0 Å². The van der Waals surface area contributed by atoms with E-state index in [9.17, 15) is 9.59 Å². The van der Waals surface area contributed by atoms with Gasteiger partial charge in [0.05, 0.1) is 0 Å². The maximum Gasteiger partial charge on any atom is 0.250 e. The van der Waals surface area contributed by atoms with Crippen LogP contribution < -0.4 is 5.56 Å². The van der Waals surface area contributed by atoms with E-state index in [4.69, 9.17) is 0 Å². The number of hydrogen-bond acceptors (Lipinski definition) is 2. The predicted octanol–water partition coefficient (Wildman–Crippen LogP) is 1.86. The van der Waals surface area contributed by atoms with Crippen molar-refractivity contribution in [3.8, 4) is 0 Å². The van der Waals surface area contributed by atoms with Gasteiger partial charge in [0.15, 0.2) is 0 Å². The second-order valence-corrected chi connectivity index (χ2v) is 6.75. The number of likely N-dealkylation sites (tertiary alicyclic amines) is 1. The molecule has 0 saturated carbocycles. The smallest absolute Gasteiger partial charge is 0.250 e. The standard InChI is InChI=1S/C18H21N3O2/c1-13(19-7-2-3-8-19)18(23)20-10-14-9-15(12-20)16-5-4-6-17(22)21(16)11-14/h2-8,13-15H,9-12H2,1H3/t13-,14-,15+/m1/s1. The molecule has 2 aromatic rings. The Morgan fingerprint density at radius 2 is 1.91 bits per heavy atom. The molecular weight excluding hydrogens is 290 g/mol. The van der Waals surface area contributed by atoms with Crippen LogP contribution in [0.4, 0.5) is 0 Å². The van der Waals surface area contributed by atoms with Crippen LogP contribution in [-0.4, -0.2) is 33.0 Å². The molecule has 1 fully saturated rings. The average molecular weight is 311 g/mol. The summed E-state index contributed by atoms with van der Waals surface area (Å²) < 4.78 is 3.85. The van der Waals surface area contributed by atoms with Crippen molar-refractivity contribution in [3.05, 3.63) is 58.8 Å². The van der Waals surface area contributed by atoms with Gasteiger partial charge in [0, 0.05) is 49.7 Å². The van der Waals surface area contributed by atoms with Gasteiger partial charge in [0.1, 0.15) is 6.04 Å². The molecule has 4 heterocycles. The van der Waals surface area contributed by atoms with Crippen LogP contribution >= 0.6 is 0 Å². The summed E-state index contributed by atoms with van der Waals surface area (Å²) in [4.78, 5) is 26.9. The molecule has 0 aromatic carbocycles. The van der Waals surface area contributed by atoms with Gasteiger partial charge >= 0.3 is 0 Å². The highest BCUT2D eigenvalue weighted by molar-refractivity contribution is 5.80. The van der Waals surface area contributed by atoms with Crippen LogP contribution in [0, 0.1) is 5.92 Å². The van der Waals surface area contributed by atoms with Crippen molar-refractivity contribution >= 4 is 5.91 Å². The van der Waals surface area contributed by atoms with Crippen LogP contribution in [0.15, 0.2) is 47.5 Å². The van der Waals surface area contributed by atoms with Crippen LogP contribution in [0.3, 0.4) is 0 Å². The lowest BCUT2D eigenvalue weighted by Crippen LogP contribution is -2.50. The summed E-state index contributed by atoms with van der Waals surface area (Å²) in [6.07, 6.45) is 4.94. The van der Waals surface area contributed by atoms with E-state index in [-0.39, 0.29) is 23.4 Å². The van der Waals surface area contributed by atoms with Crippen molar-refractivity contribution in [1.82, 2.24) is 14.0 Å². The number of amides is 1. The number of aromatic nitrogens is 2. The summed E-state index contributed by atoms with van der Waals surface area (Å²) in [6.45, 7) is 4.14. The van der Waals surface area contributed by atoms with E-state index in [0.29, 0.717) is 12.5 Å². The van der Waals surface area contributed by atoms with Crippen LogP contribution in [0.5, 0.6) is 0 Å². The third-order valence-corrected chi connectivity index (χ3v) is 5.22. The minimum atomic E-state index is -0.179. The third kappa shape index (κ3) is 2.40. The Hall–Kier alpha value is -2.30. The van der Waals surface area contributed by atoms with Crippen LogP contribution in [0.25, 0.3) is 0 Å². The van der Waals surface area contributed by atoms with Crippen molar-refractivity contribution in [2.24, 2.45) is 5.92 Å². The number of pyridine rings is 1. The first-order chi connectivity index (χ1) is 11.1. The minimum absolute atomic E-state index is 0.0812. The summed E-state index contributed by atoms with van der Waals surface area (Å²) in [7, 11) is 0. The van der Waals surface area contributed by atoms with E-state index >= 15 is 0 Å². The first kappa shape index (κ1) is 14.3. The summed E-state index contributed by atoms with van der Waals surface area (Å²) in [5, 5.41) is 0. The number of carbonyl (C=O) groups is 1. The number of nitrogens with zero attached hydrogens (tertiary/aromatic N) is 3. The van der Waals surface area contributed by atoms with Gasteiger partial charge in [-0.3, -0.25) is 9.59 Å². The van der Waals surface area contributed by atoms with Crippen LogP contribution in [-0.2, 0) is 11.3 Å². The van der Waals surface area contributed by atoms with E-state index in [1.54, 1.807) is 6.07 Å². The first-order valence-corrected chi connectivity index (χ1v) is 8.24. The number of rotatable bonds is 2. The molecule has 0 radical (unpaired) electrons. The van der Waals surface area contributed by atoms with E-state index in [0.717, 1.165) is 25.2 Å². The van der Waals surface area contributed by atoms with Crippen molar-refractivity contribution in [2.75, 3.05) is 13.1 Å². The van der Waals surface area contributed by atoms with Crippen molar-refractivity contribution in [3.63, 3.8) is 0 Å². The molecule has 0 spiro atoms. The van der Waals surface area contributed by atoms with Gasteiger partial charge in [-0.05, 0) is 37.5 Å². The van der Waals surface area contributed by atoms with Gasteiger partial charge in [-0.1, -0.05) is 6.07 Å². The predicted molar refractivity (Wildman–Crippen MR) is 87.3 cm³/mol. The molecule has 2 aliphatic heterocycles. The second-order valence-electron chi connectivity index (χ2n) is 6.75. The minimum Gasteiger partial charge on any atom is -0.342 e. The van der Waals surface area contributed by atoms with Crippen molar-refractivity contribution in [2.45, 2.75) is 31.8 Å². The zero-order valence-corrected chi connectivity index (χ0v) is 13.3. The van der Waals surface area contributed by atoms with Gasteiger partial charge in [0.25, 0.3) is 5.56 Å². The lowest BCUT2D eigenvalue weighted by Gasteiger charge is -2.43. The topological polar surface area (TPSA) is 47.2 Å². The summed E-state index contributed by atoms with van der Waals surface area (Å²) in [5.41, 5.74) is 1.16. The Morgan fingerprint density at radius 3 is 2.70 bits per heavy atom. The van der Waals surface area contributed by atoms with E-state index in [2.05, 4.69) is 0 Å². The molecule has 5 nitrogen and oxygen atoms in total. The lowest BCUT2D eigenvalue weighted by molar-refractivity contribution is -0.137. The largest absolute Gasteiger partial charge is 0.342 e. The SMILES string of the molecule is C[C@H](C(=O)N1C[C@H]2C[C@@H](C1)c1cccc(=O)n1C2)n1cccc1. The first-order valence-electron chi connectivity index (χ1n) is 8.24. The molecule has 0 aliphatic carbocycles. The zero-order valence-electron chi connectivity index (χ0n) is 13.3. The molecule has 4 rings (SSSR count). The Kier molecular flexibility index (Phi) is 3.36. The molecule has 1 amide bonds. The molecule has 23 heavy (non-hydrogen) atoms. The molecule has 2 aliphatic rings. The highest BCUT2D eigenvalue weighted by Gasteiger charge is 2.37. The monoisotopic (exact) mass is 311 g/mol. The highest BCUT2D eigenvalue weighted by atomic mass is 16.2. The fourth-order valence-electron chi connectivity index (χ4n) is 4.07. The number of fused-ring (bicyclic) bond motifs is 4. The Balaban J connectivity index is 1.59. The molecule has 3 atom stereocenters. The van der Waals surface area contributed by atoms with Crippen molar-refractivity contribution < 1.29 is 4.79 Å². The molecule has 120 valence electrons. The van der Waals surface area contributed by atoms with Gasteiger partial charge < -0.3 is 14.0 Å². The van der Waals surface area contributed by atoms with E-state index < -0.39 is 0 Å². The number of piperidine rings is 1. The van der Waals surface area contributed by atoms with Gasteiger partial charge in [-0.2, -0.15) is 0 Å². The van der Waals surface area contributed by atoms with Crippen molar-refractivity contribution in [1.29, 1.82) is 0 Å². The quantitative estimate of drug-likeness (QED) is 0.850. The van der Waals surface area contributed by atoms with Gasteiger partial charge in [-0.15, -0.1) is 0 Å². The lowest BCUT2D eigenvalue weighted by atomic mass is 9.83. The summed E-state index contributed by atoms with van der Waals surface area (Å²) >= 11 is 0. The van der Waals surface area contributed by atoms with E-state index in [1.165, 1.54) is 0 Å². The van der Waals surface area contributed by atoms with E-state index in [1.807, 2.05) is 57.6 Å². The zero-order chi connectivity index (χ0) is 16.0. The number of carbonyl (C=O) groups excluding carboxylic acids is 1. The molecule has 2 bridgehead atoms. The Bertz CT molecular complexity index is 778. The molecule has 0 unspecified atom stereocenters. The fourth-order valence-corrected chi connectivity index (χ4v) is 4.07. The average Bonchev–Trinajstić information content (AvgIpc) is 3.09. The second kappa shape index (κ2) is 5.41. The third-order valence-electron chi connectivity index (χ3n) is 5.22. The number of hydrogen-bond donors (Lipinski definition) is 0. The Morgan fingerprint density at radius 1 is 1.13 bits per heavy atom. The maximum absolute atomic E-state index is 12.8. The molecular formula is C18H21N3O2. The highest BCUT2D eigenvalue weighted by Crippen LogP contribution is 2.35. The summed E-state index contributed by atoms with van der Waals surface area (Å²) in [5.74, 6) is 0.821. The molecule has 5 heteroatoms.